The molecule has 114 valence electrons. The van der Waals surface area contributed by atoms with Crippen LogP contribution in [0.3, 0.4) is 0 Å². The second kappa shape index (κ2) is 5.56. The normalized spacial score (nSPS) is 35.7. The molecule has 3 aliphatic heterocycles. The zero-order valence-corrected chi connectivity index (χ0v) is 12.6. The third-order valence-electron chi connectivity index (χ3n) is 6.00. The second-order valence-corrected chi connectivity index (χ2v) is 7.32. The molecule has 1 saturated carbocycles. The van der Waals surface area contributed by atoms with E-state index in [2.05, 4.69) is 15.1 Å². The van der Waals surface area contributed by atoms with Crippen LogP contribution in [0.25, 0.3) is 0 Å². The number of hydrogen-bond donors (Lipinski definition) is 1. The first-order valence-corrected chi connectivity index (χ1v) is 8.68. The quantitative estimate of drug-likeness (QED) is 0.836. The number of nitrogens with one attached hydrogen (secondary N) is 1. The molecule has 4 rings (SSSR count). The average molecular weight is 279 g/mol. The standard InChI is InChI=1S/C16H29N3O/c1-2-5-16(4-1)6-3-15(20-16)13-18-7-9-19(10-8-18)14-11-17-12-14/h14-15,17H,1-13H2. The summed E-state index contributed by atoms with van der Waals surface area (Å²) in [4.78, 5) is 5.31. The molecule has 1 aliphatic carbocycles. The highest BCUT2D eigenvalue weighted by Gasteiger charge is 2.42. The minimum Gasteiger partial charge on any atom is -0.370 e. The van der Waals surface area contributed by atoms with Crippen molar-refractivity contribution >= 4 is 0 Å². The molecule has 0 bridgehead atoms. The SMILES string of the molecule is C1CCC2(C1)CCC(CN1CCN(C3CNC3)CC1)O2. The fraction of sp³-hybridized carbons (Fsp3) is 1.00. The van der Waals surface area contributed by atoms with E-state index >= 15 is 0 Å². The summed E-state index contributed by atoms with van der Waals surface area (Å²) in [7, 11) is 0. The van der Waals surface area contributed by atoms with Crippen molar-refractivity contribution in [2.24, 2.45) is 0 Å². The number of hydrogen-bond acceptors (Lipinski definition) is 4. The molecule has 0 aromatic heterocycles. The number of ether oxygens (including phenoxy) is 1. The van der Waals surface area contributed by atoms with E-state index < -0.39 is 0 Å². The summed E-state index contributed by atoms with van der Waals surface area (Å²) in [6.45, 7) is 8.57. The smallest absolute Gasteiger partial charge is 0.0710 e. The van der Waals surface area contributed by atoms with Gasteiger partial charge in [0.05, 0.1) is 11.7 Å². The van der Waals surface area contributed by atoms with E-state index in [4.69, 9.17) is 4.74 Å². The van der Waals surface area contributed by atoms with Crippen LogP contribution in [0.1, 0.15) is 38.5 Å². The highest BCUT2D eigenvalue weighted by Crippen LogP contribution is 2.43. The molecule has 4 nitrogen and oxygen atoms in total. The van der Waals surface area contributed by atoms with E-state index in [-0.39, 0.29) is 0 Å². The van der Waals surface area contributed by atoms with Gasteiger partial charge in [0.2, 0.25) is 0 Å². The number of nitrogens with zero attached hydrogens (tertiary/aromatic N) is 2. The van der Waals surface area contributed by atoms with Crippen molar-refractivity contribution in [1.82, 2.24) is 15.1 Å². The van der Waals surface area contributed by atoms with E-state index in [0.29, 0.717) is 11.7 Å². The molecule has 3 saturated heterocycles. The van der Waals surface area contributed by atoms with Crippen LogP contribution in [-0.4, -0.2) is 73.4 Å². The van der Waals surface area contributed by atoms with Gasteiger partial charge in [-0.05, 0) is 25.7 Å². The van der Waals surface area contributed by atoms with E-state index in [0.717, 1.165) is 6.04 Å². The van der Waals surface area contributed by atoms with Gasteiger partial charge in [0, 0.05) is 51.9 Å². The fourth-order valence-corrected chi connectivity index (χ4v) is 4.54. The Balaban J connectivity index is 1.22. The zero-order chi connectivity index (χ0) is 13.4. The van der Waals surface area contributed by atoms with Gasteiger partial charge in [-0.15, -0.1) is 0 Å². The predicted octanol–water partition coefficient (Wildman–Crippen LogP) is 1.07. The Hall–Kier alpha value is -0.160. The minimum atomic E-state index is 0.310. The van der Waals surface area contributed by atoms with Crippen molar-refractivity contribution in [1.29, 1.82) is 0 Å². The van der Waals surface area contributed by atoms with Gasteiger partial charge in [-0.25, -0.2) is 0 Å². The molecule has 1 atom stereocenters. The molecular weight excluding hydrogens is 250 g/mol. The molecule has 20 heavy (non-hydrogen) atoms. The molecular formula is C16H29N3O. The Labute approximate surface area is 122 Å². The molecule has 4 fully saturated rings. The second-order valence-electron chi connectivity index (χ2n) is 7.32. The molecule has 3 heterocycles. The summed E-state index contributed by atoms with van der Waals surface area (Å²) in [6.07, 6.45) is 8.57. The van der Waals surface area contributed by atoms with Crippen molar-refractivity contribution in [3.05, 3.63) is 0 Å². The van der Waals surface area contributed by atoms with Gasteiger partial charge in [0.1, 0.15) is 0 Å². The molecule has 0 amide bonds. The molecule has 1 N–H and O–H groups in total. The summed E-state index contributed by atoms with van der Waals surface area (Å²) < 4.78 is 6.45. The molecule has 1 unspecified atom stereocenters. The van der Waals surface area contributed by atoms with Crippen molar-refractivity contribution < 1.29 is 4.74 Å². The lowest BCUT2D eigenvalue weighted by Crippen LogP contribution is -2.61. The summed E-state index contributed by atoms with van der Waals surface area (Å²) in [6, 6.07) is 0.821. The minimum absolute atomic E-state index is 0.310. The van der Waals surface area contributed by atoms with Gasteiger partial charge in [0.15, 0.2) is 0 Å². The van der Waals surface area contributed by atoms with Crippen molar-refractivity contribution in [2.45, 2.75) is 56.3 Å². The fourth-order valence-electron chi connectivity index (χ4n) is 4.54. The van der Waals surface area contributed by atoms with Crippen LogP contribution in [0.5, 0.6) is 0 Å². The highest BCUT2D eigenvalue weighted by molar-refractivity contribution is 4.94. The maximum Gasteiger partial charge on any atom is 0.0710 e. The summed E-state index contributed by atoms with van der Waals surface area (Å²) in [5, 5.41) is 3.38. The van der Waals surface area contributed by atoms with Crippen LogP contribution in [0.4, 0.5) is 0 Å². The Morgan fingerprint density at radius 1 is 1.00 bits per heavy atom. The Morgan fingerprint density at radius 3 is 2.40 bits per heavy atom. The lowest BCUT2D eigenvalue weighted by atomic mass is 9.98. The highest BCUT2D eigenvalue weighted by atomic mass is 16.5. The van der Waals surface area contributed by atoms with Gasteiger partial charge < -0.3 is 10.1 Å². The van der Waals surface area contributed by atoms with Crippen LogP contribution < -0.4 is 5.32 Å². The molecule has 0 radical (unpaired) electrons. The van der Waals surface area contributed by atoms with E-state index in [1.807, 2.05) is 0 Å². The van der Waals surface area contributed by atoms with E-state index in [1.165, 1.54) is 84.3 Å². The van der Waals surface area contributed by atoms with Crippen molar-refractivity contribution in [2.75, 3.05) is 45.8 Å². The summed E-state index contributed by atoms with van der Waals surface area (Å²) in [5.41, 5.74) is 0.310. The Morgan fingerprint density at radius 2 is 1.75 bits per heavy atom. The summed E-state index contributed by atoms with van der Waals surface area (Å²) in [5.74, 6) is 0. The van der Waals surface area contributed by atoms with Crippen molar-refractivity contribution in [3.63, 3.8) is 0 Å². The lowest BCUT2D eigenvalue weighted by Gasteiger charge is -2.43. The first-order valence-electron chi connectivity index (χ1n) is 8.68. The van der Waals surface area contributed by atoms with Crippen molar-refractivity contribution in [3.8, 4) is 0 Å². The molecule has 4 aliphatic rings. The maximum absolute atomic E-state index is 6.45. The zero-order valence-electron chi connectivity index (χ0n) is 12.6. The van der Waals surface area contributed by atoms with E-state index in [9.17, 15) is 0 Å². The number of rotatable bonds is 3. The Kier molecular flexibility index (Phi) is 3.75. The topological polar surface area (TPSA) is 27.7 Å². The van der Waals surface area contributed by atoms with Gasteiger partial charge in [-0.3, -0.25) is 9.80 Å². The summed E-state index contributed by atoms with van der Waals surface area (Å²) >= 11 is 0. The lowest BCUT2D eigenvalue weighted by molar-refractivity contribution is -0.0527. The van der Waals surface area contributed by atoms with Crippen LogP contribution in [0, 0.1) is 0 Å². The van der Waals surface area contributed by atoms with Crippen LogP contribution >= 0.6 is 0 Å². The largest absolute Gasteiger partial charge is 0.370 e. The molecule has 1 spiro atoms. The third-order valence-corrected chi connectivity index (χ3v) is 6.00. The van der Waals surface area contributed by atoms with Gasteiger partial charge >= 0.3 is 0 Å². The van der Waals surface area contributed by atoms with Gasteiger partial charge in [0.25, 0.3) is 0 Å². The van der Waals surface area contributed by atoms with Crippen LogP contribution in [0.2, 0.25) is 0 Å². The number of piperazine rings is 1. The predicted molar refractivity (Wildman–Crippen MR) is 80.0 cm³/mol. The maximum atomic E-state index is 6.45. The molecule has 0 aromatic rings. The first kappa shape index (κ1) is 13.5. The van der Waals surface area contributed by atoms with Crippen LogP contribution in [-0.2, 0) is 4.74 Å². The first-order chi connectivity index (χ1) is 9.83. The Bertz CT molecular complexity index is 331. The third kappa shape index (κ3) is 2.63. The van der Waals surface area contributed by atoms with Crippen LogP contribution in [0.15, 0.2) is 0 Å². The molecule has 0 aromatic carbocycles. The van der Waals surface area contributed by atoms with Gasteiger partial charge in [-0.2, -0.15) is 0 Å². The monoisotopic (exact) mass is 279 g/mol. The van der Waals surface area contributed by atoms with E-state index in [1.54, 1.807) is 0 Å². The average Bonchev–Trinajstić information content (AvgIpc) is 3.01. The van der Waals surface area contributed by atoms with Gasteiger partial charge in [-0.1, -0.05) is 12.8 Å². The molecule has 4 heteroatoms.